The van der Waals surface area contributed by atoms with E-state index < -0.39 is 0 Å². The molecule has 0 aromatic carbocycles. The van der Waals surface area contributed by atoms with Crippen molar-refractivity contribution in [3.8, 4) is 23.1 Å². The predicted octanol–water partition coefficient (Wildman–Crippen LogP) is 3.75. The fourth-order valence-corrected chi connectivity index (χ4v) is 3.86. The summed E-state index contributed by atoms with van der Waals surface area (Å²) < 4.78 is 7.42. The van der Waals surface area contributed by atoms with E-state index in [0.29, 0.717) is 18.1 Å². The van der Waals surface area contributed by atoms with Crippen molar-refractivity contribution < 1.29 is 4.74 Å². The minimum absolute atomic E-state index is 0.530. The monoisotopic (exact) mass is 416 g/mol. The maximum absolute atomic E-state index is 9.48. The maximum atomic E-state index is 9.48. The van der Waals surface area contributed by atoms with E-state index in [1.807, 2.05) is 56.7 Å². The van der Waals surface area contributed by atoms with E-state index in [4.69, 9.17) is 4.74 Å². The molecule has 0 bridgehead atoms. The molecule has 0 aliphatic heterocycles. The lowest BCUT2D eigenvalue weighted by Gasteiger charge is -2.11. The van der Waals surface area contributed by atoms with Gasteiger partial charge in [0.15, 0.2) is 0 Å². The van der Waals surface area contributed by atoms with Crippen LogP contribution in [0, 0.1) is 11.3 Å². The van der Waals surface area contributed by atoms with E-state index in [1.165, 1.54) is 11.8 Å². The third kappa shape index (κ3) is 4.43. The van der Waals surface area contributed by atoms with E-state index in [-0.39, 0.29) is 0 Å². The number of hydrogen-bond donors (Lipinski definition) is 0. The summed E-state index contributed by atoms with van der Waals surface area (Å²) in [6.45, 7) is 1.41. The first-order valence-electron chi connectivity index (χ1n) is 9.38. The molecule has 0 aliphatic rings. The van der Waals surface area contributed by atoms with E-state index in [2.05, 4.69) is 26.0 Å². The Balaban J connectivity index is 1.67. The number of likely N-dealkylation sites (N-methyl/N-ethyl adjacent to an activating group) is 1. The SMILES string of the molecule is CN(C)CCOc1ccc(-c2cc(Sc3ccccn3)c3c(C#N)cnn3c2)cn1. The number of nitrogens with zero attached hydrogens (tertiary/aromatic N) is 6. The van der Waals surface area contributed by atoms with Gasteiger partial charge in [0.1, 0.15) is 17.7 Å². The van der Waals surface area contributed by atoms with Crippen molar-refractivity contribution in [3.05, 3.63) is 66.7 Å². The van der Waals surface area contributed by atoms with E-state index >= 15 is 0 Å². The van der Waals surface area contributed by atoms with Crippen LogP contribution < -0.4 is 4.74 Å². The molecule has 0 fully saturated rings. The van der Waals surface area contributed by atoms with Gasteiger partial charge in [0.2, 0.25) is 5.88 Å². The van der Waals surface area contributed by atoms with Crippen molar-refractivity contribution in [1.82, 2.24) is 24.5 Å². The summed E-state index contributed by atoms with van der Waals surface area (Å²) in [7, 11) is 4.01. The molecule has 150 valence electrons. The van der Waals surface area contributed by atoms with E-state index in [9.17, 15) is 5.26 Å². The van der Waals surface area contributed by atoms with Crippen LogP contribution in [0.5, 0.6) is 5.88 Å². The molecule has 0 unspecified atom stereocenters. The first kappa shape index (κ1) is 19.9. The van der Waals surface area contributed by atoms with Gasteiger partial charge in [0.25, 0.3) is 0 Å². The molecule has 4 rings (SSSR count). The number of nitriles is 1. The highest BCUT2D eigenvalue weighted by atomic mass is 32.2. The normalized spacial score (nSPS) is 11.0. The number of ether oxygens (including phenoxy) is 1. The highest BCUT2D eigenvalue weighted by Crippen LogP contribution is 2.34. The van der Waals surface area contributed by atoms with Crippen LogP contribution in [0.3, 0.4) is 0 Å². The zero-order valence-electron chi connectivity index (χ0n) is 16.7. The molecule has 4 heterocycles. The number of rotatable bonds is 7. The van der Waals surface area contributed by atoms with Gasteiger partial charge in [-0.1, -0.05) is 17.8 Å². The first-order chi connectivity index (χ1) is 14.6. The quantitative estimate of drug-likeness (QED) is 0.454. The first-order valence-corrected chi connectivity index (χ1v) is 10.2. The van der Waals surface area contributed by atoms with Gasteiger partial charge >= 0.3 is 0 Å². The van der Waals surface area contributed by atoms with Crippen molar-refractivity contribution in [2.45, 2.75) is 9.92 Å². The molecule has 0 saturated carbocycles. The lowest BCUT2D eigenvalue weighted by molar-refractivity contribution is 0.254. The van der Waals surface area contributed by atoms with Crippen molar-refractivity contribution in [1.29, 1.82) is 5.26 Å². The highest BCUT2D eigenvalue weighted by Gasteiger charge is 2.14. The second-order valence-electron chi connectivity index (χ2n) is 6.86. The molecule has 0 atom stereocenters. The predicted molar refractivity (Wildman–Crippen MR) is 116 cm³/mol. The van der Waals surface area contributed by atoms with Gasteiger partial charge in [-0.15, -0.1) is 0 Å². The average molecular weight is 417 g/mol. The molecule has 8 heteroatoms. The Morgan fingerprint density at radius 2 is 2.03 bits per heavy atom. The summed E-state index contributed by atoms with van der Waals surface area (Å²) >= 11 is 1.50. The molecule has 7 nitrogen and oxygen atoms in total. The second kappa shape index (κ2) is 8.95. The molecular weight excluding hydrogens is 396 g/mol. The van der Waals surface area contributed by atoms with Gasteiger partial charge in [0, 0.05) is 47.2 Å². The standard InChI is InChI=1S/C22H20N6OS/c1-27(2)9-10-29-20-7-6-16(13-25-20)17-11-19(30-21-5-3-4-8-24-21)22-18(12-23)14-26-28(22)15-17/h3-8,11,13-15H,9-10H2,1-2H3. The van der Waals surface area contributed by atoms with Crippen LogP contribution in [0.4, 0.5) is 0 Å². The largest absolute Gasteiger partial charge is 0.476 e. The Labute approximate surface area is 179 Å². The van der Waals surface area contributed by atoms with Gasteiger partial charge in [-0.2, -0.15) is 10.4 Å². The van der Waals surface area contributed by atoms with Gasteiger partial charge in [0.05, 0.1) is 17.3 Å². The zero-order valence-corrected chi connectivity index (χ0v) is 17.5. The average Bonchev–Trinajstić information content (AvgIpc) is 3.18. The minimum atomic E-state index is 0.530. The molecule has 0 amide bonds. The third-order valence-electron chi connectivity index (χ3n) is 4.41. The van der Waals surface area contributed by atoms with Crippen molar-refractivity contribution >= 4 is 17.3 Å². The molecule has 0 aliphatic carbocycles. The summed E-state index contributed by atoms with van der Waals surface area (Å²) in [6, 6.07) is 13.9. The molecule has 4 aromatic heterocycles. The Bertz CT molecular complexity index is 1180. The van der Waals surface area contributed by atoms with Crippen LogP contribution in [-0.4, -0.2) is 51.7 Å². The Morgan fingerprint density at radius 3 is 2.73 bits per heavy atom. The third-order valence-corrected chi connectivity index (χ3v) is 5.39. The van der Waals surface area contributed by atoms with Gasteiger partial charge < -0.3 is 9.64 Å². The van der Waals surface area contributed by atoms with Crippen molar-refractivity contribution in [2.24, 2.45) is 0 Å². The van der Waals surface area contributed by atoms with Crippen LogP contribution in [0.25, 0.3) is 16.6 Å². The molecule has 4 aromatic rings. The number of fused-ring (bicyclic) bond motifs is 1. The molecule has 0 N–H and O–H groups in total. The number of aromatic nitrogens is 4. The minimum Gasteiger partial charge on any atom is -0.476 e. The Kier molecular flexibility index (Phi) is 5.93. The topological polar surface area (TPSA) is 79.3 Å². The maximum Gasteiger partial charge on any atom is 0.213 e. The zero-order chi connectivity index (χ0) is 20.9. The number of pyridine rings is 3. The summed E-state index contributed by atoms with van der Waals surface area (Å²) in [5, 5.41) is 14.7. The van der Waals surface area contributed by atoms with Crippen LogP contribution in [-0.2, 0) is 0 Å². The van der Waals surface area contributed by atoms with Crippen molar-refractivity contribution in [3.63, 3.8) is 0 Å². The lowest BCUT2D eigenvalue weighted by Crippen LogP contribution is -2.19. The molecule has 0 spiro atoms. The molecule has 0 saturated heterocycles. The Morgan fingerprint density at radius 1 is 1.13 bits per heavy atom. The fraction of sp³-hybridized carbons (Fsp3) is 0.182. The van der Waals surface area contributed by atoms with Crippen molar-refractivity contribution in [2.75, 3.05) is 27.2 Å². The fourth-order valence-electron chi connectivity index (χ4n) is 2.89. The Hall–Kier alpha value is -3.41. The van der Waals surface area contributed by atoms with Crippen LogP contribution in [0.1, 0.15) is 5.56 Å². The van der Waals surface area contributed by atoms with Gasteiger partial charge in [-0.05, 0) is 38.4 Å². The molecule has 30 heavy (non-hydrogen) atoms. The number of hydrogen-bond acceptors (Lipinski definition) is 7. The second-order valence-corrected chi connectivity index (χ2v) is 7.93. The highest BCUT2D eigenvalue weighted by molar-refractivity contribution is 7.99. The van der Waals surface area contributed by atoms with Crippen LogP contribution in [0.2, 0.25) is 0 Å². The smallest absolute Gasteiger partial charge is 0.213 e. The van der Waals surface area contributed by atoms with Gasteiger partial charge in [-0.25, -0.2) is 14.5 Å². The summed E-state index contributed by atoms with van der Waals surface area (Å²) in [4.78, 5) is 11.8. The van der Waals surface area contributed by atoms with Crippen LogP contribution in [0.15, 0.2) is 71.1 Å². The summed E-state index contributed by atoms with van der Waals surface area (Å²) in [5.74, 6) is 0.593. The van der Waals surface area contributed by atoms with E-state index in [0.717, 1.165) is 33.1 Å². The van der Waals surface area contributed by atoms with Crippen LogP contribution >= 0.6 is 11.8 Å². The molecular formula is C22H20N6OS. The summed E-state index contributed by atoms with van der Waals surface area (Å²) in [6.07, 6.45) is 7.03. The summed E-state index contributed by atoms with van der Waals surface area (Å²) in [5.41, 5.74) is 3.19. The van der Waals surface area contributed by atoms with E-state index in [1.54, 1.807) is 23.1 Å². The van der Waals surface area contributed by atoms with Gasteiger partial charge in [-0.3, -0.25) is 0 Å². The molecule has 0 radical (unpaired) electrons. The lowest BCUT2D eigenvalue weighted by atomic mass is 10.1.